The van der Waals surface area contributed by atoms with Gasteiger partial charge in [0.05, 0.1) is 12.2 Å². The van der Waals surface area contributed by atoms with Gasteiger partial charge in [0.25, 0.3) is 0 Å². The van der Waals surface area contributed by atoms with Crippen LogP contribution in [0.1, 0.15) is 28.8 Å². The Hall–Kier alpha value is -1.13. The highest BCUT2D eigenvalue weighted by molar-refractivity contribution is 7.10. The molecule has 0 bridgehead atoms. The first-order chi connectivity index (χ1) is 7.79. The summed E-state index contributed by atoms with van der Waals surface area (Å²) in [4.78, 5) is 1.38. The van der Waals surface area contributed by atoms with Crippen LogP contribution >= 0.6 is 11.3 Å². The highest BCUT2D eigenvalue weighted by Gasteiger charge is 2.03. The predicted molar refractivity (Wildman–Crippen MR) is 65.5 cm³/mol. The van der Waals surface area contributed by atoms with E-state index in [9.17, 15) is 0 Å². The summed E-state index contributed by atoms with van der Waals surface area (Å²) in [6.07, 6.45) is 0.924. The summed E-state index contributed by atoms with van der Waals surface area (Å²) < 4.78 is 5.20. The van der Waals surface area contributed by atoms with Gasteiger partial charge in [-0.05, 0) is 30.4 Å². The second-order valence-electron chi connectivity index (χ2n) is 3.77. The molecule has 0 fully saturated rings. The normalized spacial score (nSPS) is 10.9. The van der Waals surface area contributed by atoms with Gasteiger partial charge in [-0.15, -0.1) is 11.3 Å². The molecule has 0 saturated carbocycles. The molecule has 0 aromatic carbocycles. The van der Waals surface area contributed by atoms with Crippen LogP contribution < -0.4 is 5.32 Å². The van der Waals surface area contributed by atoms with Crippen LogP contribution in [0.15, 0.2) is 22.0 Å². The summed E-state index contributed by atoms with van der Waals surface area (Å²) in [6, 6.07) is 4.15. The molecule has 0 radical (unpaired) electrons. The van der Waals surface area contributed by atoms with Gasteiger partial charge in [-0.1, -0.05) is 12.1 Å². The maximum absolute atomic E-state index is 5.20. The summed E-state index contributed by atoms with van der Waals surface area (Å²) in [5.41, 5.74) is 2.37. The van der Waals surface area contributed by atoms with E-state index in [1.54, 1.807) is 11.3 Å². The Morgan fingerprint density at radius 1 is 1.44 bits per heavy atom. The average Bonchev–Trinajstić information content (AvgIpc) is 2.89. The lowest BCUT2D eigenvalue weighted by molar-refractivity contribution is 0.368. The summed E-state index contributed by atoms with van der Waals surface area (Å²) in [6.45, 7) is 5.84. The molecule has 4 heteroatoms. The summed E-state index contributed by atoms with van der Waals surface area (Å²) in [5.74, 6) is 0.908. The average molecular weight is 236 g/mol. The summed E-state index contributed by atoms with van der Waals surface area (Å²) in [7, 11) is 0. The van der Waals surface area contributed by atoms with Gasteiger partial charge in [0.15, 0.2) is 5.76 Å². The molecule has 2 aromatic rings. The number of aryl methyl sites for hydroxylation is 2. The third-order valence-electron chi connectivity index (χ3n) is 2.52. The molecule has 86 valence electrons. The molecule has 0 aliphatic heterocycles. The minimum absolute atomic E-state index is 0.740. The van der Waals surface area contributed by atoms with Crippen molar-refractivity contribution >= 4 is 11.3 Å². The molecule has 0 amide bonds. The van der Waals surface area contributed by atoms with Crippen LogP contribution in [0.25, 0.3) is 0 Å². The molecule has 0 aliphatic rings. The number of hydrogen-bond acceptors (Lipinski definition) is 4. The van der Waals surface area contributed by atoms with Crippen molar-refractivity contribution in [3.05, 3.63) is 39.4 Å². The number of aromatic nitrogens is 1. The van der Waals surface area contributed by atoms with Crippen molar-refractivity contribution in [1.82, 2.24) is 10.5 Å². The van der Waals surface area contributed by atoms with Crippen molar-refractivity contribution < 1.29 is 4.52 Å². The fraction of sp³-hybridized carbons (Fsp3) is 0.417. The van der Waals surface area contributed by atoms with E-state index in [1.165, 1.54) is 10.4 Å². The van der Waals surface area contributed by atoms with Gasteiger partial charge in [0, 0.05) is 17.5 Å². The van der Waals surface area contributed by atoms with Crippen LogP contribution in [0.2, 0.25) is 0 Å². The Bertz CT molecular complexity index is 447. The monoisotopic (exact) mass is 236 g/mol. The lowest BCUT2D eigenvalue weighted by Gasteiger charge is -2.00. The first-order valence-corrected chi connectivity index (χ1v) is 6.35. The van der Waals surface area contributed by atoms with E-state index in [0.717, 1.165) is 31.0 Å². The van der Waals surface area contributed by atoms with E-state index in [4.69, 9.17) is 4.52 Å². The fourth-order valence-corrected chi connectivity index (χ4v) is 2.37. The molecule has 3 nitrogen and oxygen atoms in total. The number of hydrogen-bond donors (Lipinski definition) is 1. The molecule has 0 atom stereocenters. The van der Waals surface area contributed by atoms with Crippen LogP contribution in [-0.4, -0.2) is 5.16 Å². The van der Waals surface area contributed by atoms with Gasteiger partial charge >= 0.3 is 0 Å². The smallest absolute Gasteiger partial charge is 0.150 e. The summed E-state index contributed by atoms with van der Waals surface area (Å²) >= 11 is 1.79. The molecule has 16 heavy (non-hydrogen) atoms. The molecule has 2 heterocycles. The summed E-state index contributed by atoms with van der Waals surface area (Å²) in [5, 5.41) is 9.44. The maximum Gasteiger partial charge on any atom is 0.150 e. The zero-order valence-electron chi connectivity index (χ0n) is 9.62. The largest absolute Gasteiger partial charge is 0.360 e. The topological polar surface area (TPSA) is 38.1 Å². The molecular formula is C12H16N2OS. The number of thiophene rings is 1. The molecule has 0 aliphatic carbocycles. The number of nitrogens with zero attached hydrogens (tertiary/aromatic N) is 1. The van der Waals surface area contributed by atoms with Gasteiger partial charge in [-0.25, -0.2) is 0 Å². The van der Waals surface area contributed by atoms with E-state index >= 15 is 0 Å². The lowest BCUT2D eigenvalue weighted by atomic mass is 10.3. The highest BCUT2D eigenvalue weighted by atomic mass is 32.1. The Kier molecular flexibility index (Phi) is 3.74. The van der Waals surface area contributed by atoms with Gasteiger partial charge < -0.3 is 9.84 Å². The van der Waals surface area contributed by atoms with Crippen molar-refractivity contribution in [2.24, 2.45) is 0 Å². The van der Waals surface area contributed by atoms with E-state index < -0.39 is 0 Å². The van der Waals surface area contributed by atoms with Crippen LogP contribution in [0.5, 0.6) is 0 Å². The molecular weight excluding hydrogens is 220 g/mol. The molecule has 0 unspecified atom stereocenters. The van der Waals surface area contributed by atoms with Gasteiger partial charge in [0.2, 0.25) is 0 Å². The van der Waals surface area contributed by atoms with E-state index in [1.807, 2.05) is 6.07 Å². The molecule has 0 spiro atoms. The van der Waals surface area contributed by atoms with Gasteiger partial charge in [-0.3, -0.25) is 0 Å². The Labute approximate surface area is 99.5 Å². The van der Waals surface area contributed by atoms with Crippen molar-refractivity contribution in [2.45, 2.75) is 33.4 Å². The van der Waals surface area contributed by atoms with Gasteiger partial charge in [-0.2, -0.15) is 0 Å². The Morgan fingerprint density at radius 3 is 2.94 bits per heavy atom. The van der Waals surface area contributed by atoms with E-state index in [-0.39, 0.29) is 0 Å². The quantitative estimate of drug-likeness (QED) is 0.867. The highest BCUT2D eigenvalue weighted by Crippen LogP contribution is 2.15. The third kappa shape index (κ3) is 2.71. The zero-order valence-corrected chi connectivity index (χ0v) is 10.4. The van der Waals surface area contributed by atoms with Crippen molar-refractivity contribution in [1.29, 1.82) is 0 Å². The van der Waals surface area contributed by atoms with Crippen molar-refractivity contribution in [2.75, 3.05) is 0 Å². The SMILES string of the molecule is CCc1cc(CNCc2sccc2C)on1. The van der Waals surface area contributed by atoms with Crippen LogP contribution in [0.4, 0.5) is 0 Å². The van der Waals surface area contributed by atoms with E-state index in [0.29, 0.717) is 0 Å². The van der Waals surface area contributed by atoms with Gasteiger partial charge in [0.1, 0.15) is 0 Å². The predicted octanol–water partition coefficient (Wildman–Crippen LogP) is 2.90. The van der Waals surface area contributed by atoms with Crippen LogP contribution in [0.3, 0.4) is 0 Å². The van der Waals surface area contributed by atoms with E-state index in [2.05, 4.69) is 35.8 Å². The maximum atomic E-state index is 5.20. The number of nitrogens with one attached hydrogen (secondary N) is 1. The molecule has 1 N–H and O–H groups in total. The molecule has 2 rings (SSSR count). The van der Waals surface area contributed by atoms with Crippen LogP contribution in [-0.2, 0) is 19.5 Å². The van der Waals surface area contributed by atoms with Crippen molar-refractivity contribution in [3.8, 4) is 0 Å². The zero-order chi connectivity index (χ0) is 11.4. The fourth-order valence-electron chi connectivity index (χ4n) is 1.49. The standard InChI is InChI=1S/C12H16N2OS/c1-3-10-6-11(15-14-10)7-13-8-12-9(2)4-5-16-12/h4-6,13H,3,7-8H2,1-2H3. The molecule has 2 aromatic heterocycles. The first-order valence-electron chi connectivity index (χ1n) is 5.47. The first kappa shape index (κ1) is 11.4. The van der Waals surface area contributed by atoms with Crippen LogP contribution in [0, 0.1) is 6.92 Å². The minimum Gasteiger partial charge on any atom is -0.360 e. The molecule has 0 saturated heterocycles. The second kappa shape index (κ2) is 5.27. The third-order valence-corrected chi connectivity index (χ3v) is 3.55. The Morgan fingerprint density at radius 2 is 2.31 bits per heavy atom. The lowest BCUT2D eigenvalue weighted by Crippen LogP contribution is -2.11. The Balaban J connectivity index is 1.82. The second-order valence-corrected chi connectivity index (χ2v) is 4.77. The minimum atomic E-state index is 0.740. The van der Waals surface area contributed by atoms with Crippen molar-refractivity contribution in [3.63, 3.8) is 0 Å². The number of rotatable bonds is 5.